The Kier molecular flexibility index (Phi) is 6.29. The van der Waals surface area contributed by atoms with Crippen molar-refractivity contribution in [2.75, 3.05) is 0 Å². The Morgan fingerprint density at radius 3 is 1.23 bits per heavy atom. The second-order valence-corrected chi connectivity index (χ2v) is 3.72. The molecule has 0 aliphatic carbocycles. The summed E-state index contributed by atoms with van der Waals surface area (Å²) in [5.41, 5.74) is 0. The standard InChI is InChI=1S/C10H22NO2/c1-7(2)12-9(5)11-10(6)13-8(3)4/h7-10H,1-6H3. The summed E-state index contributed by atoms with van der Waals surface area (Å²) in [5.74, 6) is 0. The van der Waals surface area contributed by atoms with Gasteiger partial charge in [-0.1, -0.05) is 0 Å². The lowest BCUT2D eigenvalue weighted by atomic mass is 10.4. The first kappa shape index (κ1) is 12.9. The van der Waals surface area contributed by atoms with Crippen LogP contribution in [0.4, 0.5) is 0 Å². The molecular formula is C10H22NO2. The van der Waals surface area contributed by atoms with Gasteiger partial charge < -0.3 is 9.47 Å². The zero-order valence-corrected chi connectivity index (χ0v) is 9.57. The third-order valence-corrected chi connectivity index (χ3v) is 1.36. The monoisotopic (exact) mass is 188 g/mol. The Morgan fingerprint density at radius 2 is 1.00 bits per heavy atom. The SMILES string of the molecule is CC(C)OC(C)[N]C(C)OC(C)C. The lowest BCUT2D eigenvalue weighted by Crippen LogP contribution is -2.34. The second-order valence-electron chi connectivity index (χ2n) is 3.72. The first-order chi connectivity index (χ1) is 5.91. The summed E-state index contributed by atoms with van der Waals surface area (Å²) in [5, 5.41) is 4.31. The maximum atomic E-state index is 5.46. The van der Waals surface area contributed by atoms with E-state index in [1.807, 2.05) is 41.5 Å². The summed E-state index contributed by atoms with van der Waals surface area (Å²) in [6.45, 7) is 11.9. The van der Waals surface area contributed by atoms with Crippen LogP contribution in [-0.4, -0.2) is 24.7 Å². The molecule has 13 heavy (non-hydrogen) atoms. The van der Waals surface area contributed by atoms with Crippen LogP contribution in [0.3, 0.4) is 0 Å². The molecule has 0 aromatic carbocycles. The predicted molar refractivity (Wildman–Crippen MR) is 53.5 cm³/mol. The molecule has 1 radical (unpaired) electrons. The molecule has 0 amide bonds. The van der Waals surface area contributed by atoms with Gasteiger partial charge in [0, 0.05) is 0 Å². The number of rotatable bonds is 6. The van der Waals surface area contributed by atoms with Crippen molar-refractivity contribution < 1.29 is 9.47 Å². The van der Waals surface area contributed by atoms with Crippen LogP contribution in [0.15, 0.2) is 0 Å². The molecule has 2 unspecified atom stereocenters. The van der Waals surface area contributed by atoms with Crippen LogP contribution in [0, 0.1) is 0 Å². The van der Waals surface area contributed by atoms with E-state index in [0.717, 1.165) is 0 Å². The van der Waals surface area contributed by atoms with Crippen molar-refractivity contribution in [2.24, 2.45) is 0 Å². The summed E-state index contributed by atoms with van der Waals surface area (Å²) in [4.78, 5) is 0. The minimum absolute atomic E-state index is 0.0891. The van der Waals surface area contributed by atoms with E-state index in [-0.39, 0.29) is 24.7 Å². The number of nitrogens with zero attached hydrogens (tertiary/aromatic N) is 1. The van der Waals surface area contributed by atoms with Gasteiger partial charge in [0.1, 0.15) is 12.5 Å². The van der Waals surface area contributed by atoms with Crippen molar-refractivity contribution in [2.45, 2.75) is 66.2 Å². The lowest BCUT2D eigenvalue weighted by molar-refractivity contribution is -0.0703. The molecule has 0 aromatic heterocycles. The molecule has 0 saturated heterocycles. The van der Waals surface area contributed by atoms with Gasteiger partial charge in [-0.05, 0) is 41.5 Å². The van der Waals surface area contributed by atoms with E-state index in [1.54, 1.807) is 0 Å². The highest BCUT2D eigenvalue weighted by Crippen LogP contribution is 2.00. The van der Waals surface area contributed by atoms with Crippen LogP contribution < -0.4 is 5.32 Å². The van der Waals surface area contributed by atoms with Gasteiger partial charge in [-0.15, -0.1) is 0 Å². The maximum absolute atomic E-state index is 5.46. The van der Waals surface area contributed by atoms with Gasteiger partial charge >= 0.3 is 0 Å². The molecule has 0 aliphatic rings. The van der Waals surface area contributed by atoms with Gasteiger partial charge in [-0.3, -0.25) is 0 Å². The molecule has 0 aliphatic heterocycles. The van der Waals surface area contributed by atoms with Gasteiger partial charge in [-0.2, -0.15) is 5.32 Å². The predicted octanol–water partition coefficient (Wildman–Crippen LogP) is 2.13. The molecule has 0 bridgehead atoms. The second kappa shape index (κ2) is 6.35. The number of hydrogen-bond acceptors (Lipinski definition) is 2. The summed E-state index contributed by atoms with van der Waals surface area (Å²) < 4.78 is 10.9. The summed E-state index contributed by atoms with van der Waals surface area (Å²) in [7, 11) is 0. The Balaban J connectivity index is 3.58. The highest BCUT2D eigenvalue weighted by Gasteiger charge is 2.11. The molecule has 0 aromatic rings. The molecule has 0 saturated carbocycles. The zero-order valence-electron chi connectivity index (χ0n) is 9.57. The van der Waals surface area contributed by atoms with Crippen LogP contribution in [0.2, 0.25) is 0 Å². The van der Waals surface area contributed by atoms with E-state index in [0.29, 0.717) is 0 Å². The van der Waals surface area contributed by atoms with E-state index >= 15 is 0 Å². The maximum Gasteiger partial charge on any atom is 0.123 e. The van der Waals surface area contributed by atoms with E-state index in [1.165, 1.54) is 0 Å². The Labute approximate surface area is 81.8 Å². The summed E-state index contributed by atoms with van der Waals surface area (Å²) in [6.07, 6.45) is 0.248. The van der Waals surface area contributed by atoms with Gasteiger partial charge in [-0.25, -0.2) is 0 Å². The molecule has 0 N–H and O–H groups in total. The Morgan fingerprint density at radius 1 is 0.692 bits per heavy atom. The Hall–Kier alpha value is -0.120. The molecule has 2 atom stereocenters. The van der Waals surface area contributed by atoms with Gasteiger partial charge in [0.05, 0.1) is 12.2 Å². The van der Waals surface area contributed by atoms with Crippen molar-refractivity contribution in [1.29, 1.82) is 0 Å². The van der Waals surface area contributed by atoms with E-state index < -0.39 is 0 Å². The highest BCUT2D eigenvalue weighted by atomic mass is 16.5. The highest BCUT2D eigenvalue weighted by molar-refractivity contribution is 4.53. The van der Waals surface area contributed by atoms with Crippen molar-refractivity contribution in [3.8, 4) is 0 Å². The molecule has 0 heterocycles. The number of ether oxygens (including phenoxy) is 2. The van der Waals surface area contributed by atoms with Crippen molar-refractivity contribution >= 4 is 0 Å². The molecule has 3 heteroatoms. The Bertz CT molecular complexity index is 112. The smallest absolute Gasteiger partial charge is 0.123 e. The summed E-state index contributed by atoms with van der Waals surface area (Å²) >= 11 is 0. The molecule has 3 nitrogen and oxygen atoms in total. The van der Waals surface area contributed by atoms with E-state index in [4.69, 9.17) is 9.47 Å². The first-order valence-corrected chi connectivity index (χ1v) is 4.92. The van der Waals surface area contributed by atoms with Crippen LogP contribution in [-0.2, 0) is 9.47 Å². The third-order valence-electron chi connectivity index (χ3n) is 1.36. The van der Waals surface area contributed by atoms with Crippen molar-refractivity contribution in [3.63, 3.8) is 0 Å². The molecule has 0 fully saturated rings. The van der Waals surface area contributed by atoms with Crippen molar-refractivity contribution in [1.82, 2.24) is 5.32 Å². The largest absolute Gasteiger partial charge is 0.359 e. The fourth-order valence-electron chi connectivity index (χ4n) is 1.15. The van der Waals surface area contributed by atoms with E-state index in [9.17, 15) is 0 Å². The van der Waals surface area contributed by atoms with Crippen LogP contribution in [0.1, 0.15) is 41.5 Å². The fourth-order valence-corrected chi connectivity index (χ4v) is 1.15. The molecular weight excluding hydrogens is 166 g/mol. The average molecular weight is 188 g/mol. The summed E-state index contributed by atoms with van der Waals surface area (Å²) in [6, 6.07) is 0. The van der Waals surface area contributed by atoms with Gasteiger partial charge in [0.15, 0.2) is 0 Å². The van der Waals surface area contributed by atoms with Gasteiger partial charge in [0.25, 0.3) is 0 Å². The van der Waals surface area contributed by atoms with Crippen LogP contribution >= 0.6 is 0 Å². The van der Waals surface area contributed by atoms with Crippen molar-refractivity contribution in [3.05, 3.63) is 0 Å². The van der Waals surface area contributed by atoms with Crippen LogP contribution in [0.5, 0.6) is 0 Å². The zero-order chi connectivity index (χ0) is 10.4. The van der Waals surface area contributed by atoms with Gasteiger partial charge in [0.2, 0.25) is 0 Å². The third kappa shape index (κ3) is 8.22. The first-order valence-electron chi connectivity index (χ1n) is 4.92. The average Bonchev–Trinajstić information content (AvgIpc) is 1.80. The van der Waals surface area contributed by atoms with E-state index in [2.05, 4.69) is 5.32 Å². The minimum atomic E-state index is -0.0891. The topological polar surface area (TPSA) is 32.6 Å². The lowest BCUT2D eigenvalue weighted by Gasteiger charge is -2.21. The molecule has 0 spiro atoms. The van der Waals surface area contributed by atoms with Crippen LogP contribution in [0.25, 0.3) is 0 Å². The number of hydrogen-bond donors (Lipinski definition) is 0. The minimum Gasteiger partial charge on any atom is -0.359 e. The normalized spacial score (nSPS) is 16.6. The molecule has 0 rings (SSSR count). The fraction of sp³-hybridized carbons (Fsp3) is 1.00. The quantitative estimate of drug-likeness (QED) is 0.639. The molecule has 79 valence electrons.